The largest absolute Gasteiger partial charge is 0.455 e. The van der Waals surface area contributed by atoms with Gasteiger partial charge in [0.1, 0.15) is 17.7 Å². The van der Waals surface area contributed by atoms with Crippen LogP contribution in [0.4, 0.5) is 5.69 Å². The molecule has 0 aromatic heterocycles. The molecule has 5 rings (SSSR count). The Kier molecular flexibility index (Phi) is 13.9. The Morgan fingerprint density at radius 2 is 1.87 bits per heavy atom. The number of nitrogens with one attached hydrogen (secondary N) is 1. The van der Waals surface area contributed by atoms with Crippen LogP contribution in [0.2, 0.25) is 5.02 Å². The van der Waals surface area contributed by atoms with Gasteiger partial charge in [-0.2, -0.15) is 0 Å². The number of nitrogens with zero attached hydrogens (tertiary/aromatic N) is 2. The van der Waals surface area contributed by atoms with Crippen molar-refractivity contribution in [3.8, 4) is 0 Å². The van der Waals surface area contributed by atoms with E-state index < -0.39 is 47.7 Å². The first kappa shape index (κ1) is 40.2. The average molecular weight is 750 g/mol. The second-order valence-corrected chi connectivity index (χ2v) is 14.5. The molecule has 2 N–H and O–H groups in total. The highest BCUT2D eigenvalue weighted by Crippen LogP contribution is 2.59. The molecule has 3 aliphatic rings. The van der Waals surface area contributed by atoms with Crippen LogP contribution in [-0.2, 0) is 33.4 Å². The molecular formula is C41H52ClN3O8. The van der Waals surface area contributed by atoms with Gasteiger partial charge in [0, 0.05) is 33.2 Å². The standard InChI is InChI=1S/C41H52ClN3O8/c1-5-7-20-32(47)43-30(26-51-4)36(28-17-11-10-12-18-28)52-40(50)33-31-21-22-41(53-31)34(33)38(48)45(24-13-8-9-14-25-46)37(41)39(49)44(23-6-2)35-27(3)16-15-19-29(35)42/h5-6,10-12,15-19,30-31,33-34,36-37,46H,1-2,7-9,13-14,20-26H2,3-4H3,(H,43,47)/t30-,31+,33-,34-,36-,37+,41-/m0/s1. The summed E-state index contributed by atoms with van der Waals surface area (Å²) >= 11 is 6.70. The molecule has 0 unspecified atom stereocenters. The number of aliphatic hydroxyl groups is 1. The zero-order valence-electron chi connectivity index (χ0n) is 30.7. The summed E-state index contributed by atoms with van der Waals surface area (Å²) in [6.45, 7) is 10.0. The number of anilines is 1. The number of halogens is 1. The minimum Gasteiger partial charge on any atom is -0.455 e. The Morgan fingerprint density at radius 3 is 2.55 bits per heavy atom. The van der Waals surface area contributed by atoms with E-state index in [0.717, 1.165) is 18.4 Å². The normalized spacial score (nSPS) is 24.0. The fourth-order valence-electron chi connectivity index (χ4n) is 8.35. The van der Waals surface area contributed by atoms with Gasteiger partial charge >= 0.3 is 5.97 Å². The number of fused-ring (bicyclic) bond motifs is 1. The molecule has 3 saturated heterocycles. The molecule has 0 radical (unpaired) electrons. The smallest absolute Gasteiger partial charge is 0.313 e. The first-order valence-corrected chi connectivity index (χ1v) is 18.9. The van der Waals surface area contributed by atoms with Gasteiger partial charge in [0.05, 0.1) is 41.3 Å². The van der Waals surface area contributed by atoms with E-state index in [-0.39, 0.29) is 50.4 Å². The molecule has 286 valence electrons. The predicted octanol–water partition coefficient (Wildman–Crippen LogP) is 5.48. The van der Waals surface area contributed by atoms with Crippen LogP contribution in [-0.4, -0.2) is 90.9 Å². The van der Waals surface area contributed by atoms with Gasteiger partial charge in [0.25, 0.3) is 5.91 Å². The van der Waals surface area contributed by atoms with Crippen LogP contribution in [0.3, 0.4) is 0 Å². The number of ether oxygens (including phenoxy) is 3. The number of benzene rings is 2. The summed E-state index contributed by atoms with van der Waals surface area (Å²) in [7, 11) is 1.51. The van der Waals surface area contributed by atoms with Crippen molar-refractivity contribution in [2.45, 2.75) is 88.2 Å². The molecule has 0 aliphatic carbocycles. The summed E-state index contributed by atoms with van der Waals surface area (Å²) in [5.74, 6) is -3.50. The fraction of sp³-hybridized carbons (Fsp3) is 0.512. The molecule has 3 heterocycles. The van der Waals surface area contributed by atoms with Crippen molar-refractivity contribution in [2.24, 2.45) is 11.8 Å². The Morgan fingerprint density at radius 1 is 1.11 bits per heavy atom. The number of aryl methyl sites for hydroxylation is 1. The van der Waals surface area contributed by atoms with E-state index in [9.17, 15) is 24.3 Å². The number of amides is 3. The molecule has 3 amide bonds. The van der Waals surface area contributed by atoms with Crippen LogP contribution in [0.5, 0.6) is 0 Å². The number of likely N-dealkylation sites (tertiary alicyclic amines) is 1. The van der Waals surface area contributed by atoms with Gasteiger partial charge in [-0.15, -0.1) is 13.2 Å². The molecule has 3 fully saturated rings. The summed E-state index contributed by atoms with van der Waals surface area (Å²) in [6, 6.07) is 12.8. The maximum atomic E-state index is 15.0. The van der Waals surface area contributed by atoms with Crippen LogP contribution < -0.4 is 10.2 Å². The lowest BCUT2D eigenvalue weighted by Gasteiger charge is -2.37. The number of hydrogen-bond acceptors (Lipinski definition) is 8. The number of allylic oxidation sites excluding steroid dienone is 1. The first-order valence-electron chi connectivity index (χ1n) is 18.5. The summed E-state index contributed by atoms with van der Waals surface area (Å²) in [5, 5.41) is 12.7. The van der Waals surface area contributed by atoms with E-state index in [4.69, 9.17) is 25.8 Å². The van der Waals surface area contributed by atoms with E-state index in [0.29, 0.717) is 48.4 Å². The molecule has 7 atom stereocenters. The SMILES string of the molecule is C=CCCC(=O)N[C@@H](COC)[C@@H](OC(=O)[C@@H]1[C@H]2C(=O)N(CCCCCCO)[C@H](C(=O)N(CC=C)c3c(C)cccc3Cl)[C@]23CC[C@H]1O3)c1ccccc1. The van der Waals surface area contributed by atoms with Crippen LogP contribution >= 0.6 is 11.6 Å². The molecular weight excluding hydrogens is 698 g/mol. The lowest BCUT2D eigenvalue weighted by Crippen LogP contribution is -2.56. The second-order valence-electron chi connectivity index (χ2n) is 14.1. The molecule has 2 aromatic carbocycles. The van der Waals surface area contributed by atoms with Gasteiger partial charge < -0.3 is 34.4 Å². The van der Waals surface area contributed by atoms with E-state index >= 15 is 0 Å². The molecule has 2 bridgehead atoms. The minimum absolute atomic E-state index is 0.0603. The van der Waals surface area contributed by atoms with Crippen LogP contribution in [0.15, 0.2) is 73.8 Å². The van der Waals surface area contributed by atoms with E-state index in [1.165, 1.54) is 7.11 Å². The third-order valence-electron chi connectivity index (χ3n) is 10.7. The molecule has 11 nitrogen and oxygen atoms in total. The number of para-hydroxylation sites is 1. The number of hydrogen-bond donors (Lipinski definition) is 2. The van der Waals surface area contributed by atoms with E-state index in [2.05, 4.69) is 18.5 Å². The van der Waals surface area contributed by atoms with Crippen molar-refractivity contribution in [3.05, 3.63) is 90.0 Å². The second kappa shape index (κ2) is 18.3. The average Bonchev–Trinajstić information content (AvgIpc) is 3.79. The first-order chi connectivity index (χ1) is 25.6. The summed E-state index contributed by atoms with van der Waals surface area (Å²) in [6.07, 6.45) is 6.01. The molecule has 2 aromatic rings. The Hall–Kier alpha value is -4.03. The number of aliphatic hydroxyl groups excluding tert-OH is 1. The zero-order valence-corrected chi connectivity index (χ0v) is 31.5. The van der Waals surface area contributed by atoms with Gasteiger partial charge in [-0.05, 0) is 56.2 Å². The van der Waals surface area contributed by atoms with Gasteiger partial charge in [0.15, 0.2) is 0 Å². The van der Waals surface area contributed by atoms with Gasteiger partial charge in [-0.1, -0.05) is 79.1 Å². The zero-order chi connectivity index (χ0) is 38.1. The van der Waals surface area contributed by atoms with Gasteiger partial charge in [-0.25, -0.2) is 0 Å². The molecule has 53 heavy (non-hydrogen) atoms. The van der Waals surface area contributed by atoms with Crippen molar-refractivity contribution >= 4 is 41.0 Å². The molecule has 3 aliphatic heterocycles. The Bertz CT molecular complexity index is 1620. The molecule has 1 spiro atoms. The van der Waals surface area contributed by atoms with Crippen molar-refractivity contribution in [3.63, 3.8) is 0 Å². The molecule has 0 saturated carbocycles. The van der Waals surface area contributed by atoms with E-state index in [1.807, 2.05) is 49.4 Å². The van der Waals surface area contributed by atoms with Gasteiger partial charge in [0.2, 0.25) is 11.8 Å². The highest BCUT2D eigenvalue weighted by molar-refractivity contribution is 6.34. The predicted molar refractivity (Wildman–Crippen MR) is 202 cm³/mol. The van der Waals surface area contributed by atoms with Crippen LogP contribution in [0.25, 0.3) is 0 Å². The molecule has 12 heteroatoms. The minimum atomic E-state index is -1.27. The number of methoxy groups -OCH3 is 1. The van der Waals surface area contributed by atoms with Crippen molar-refractivity contribution in [2.75, 3.05) is 38.3 Å². The number of carbonyl (C=O) groups excluding carboxylic acids is 4. The van der Waals surface area contributed by atoms with Crippen LogP contribution in [0, 0.1) is 18.8 Å². The summed E-state index contributed by atoms with van der Waals surface area (Å²) in [5.41, 5.74) is 0.697. The lowest BCUT2D eigenvalue weighted by atomic mass is 9.70. The van der Waals surface area contributed by atoms with Crippen LogP contribution in [0.1, 0.15) is 68.6 Å². The maximum absolute atomic E-state index is 15.0. The third kappa shape index (κ3) is 8.38. The monoisotopic (exact) mass is 749 g/mol. The fourth-order valence-corrected chi connectivity index (χ4v) is 8.67. The Balaban J connectivity index is 1.50. The van der Waals surface area contributed by atoms with E-state index in [1.54, 1.807) is 28.0 Å². The summed E-state index contributed by atoms with van der Waals surface area (Å²) in [4.78, 5) is 60.3. The van der Waals surface area contributed by atoms with Crippen molar-refractivity contribution in [1.82, 2.24) is 10.2 Å². The number of carbonyl (C=O) groups is 4. The number of unbranched alkanes of at least 4 members (excludes halogenated alkanes) is 3. The van der Waals surface area contributed by atoms with Crippen molar-refractivity contribution < 1.29 is 38.5 Å². The van der Waals surface area contributed by atoms with Gasteiger partial charge in [-0.3, -0.25) is 19.2 Å². The van der Waals surface area contributed by atoms with Crippen molar-refractivity contribution in [1.29, 1.82) is 0 Å². The number of esters is 1. The number of rotatable bonds is 20. The highest BCUT2D eigenvalue weighted by Gasteiger charge is 2.75. The Labute approximate surface area is 317 Å². The lowest BCUT2D eigenvalue weighted by molar-refractivity contribution is -0.163. The maximum Gasteiger partial charge on any atom is 0.313 e. The quantitative estimate of drug-likeness (QED) is 0.103. The third-order valence-corrected chi connectivity index (χ3v) is 11.0. The highest BCUT2D eigenvalue weighted by atomic mass is 35.5. The topological polar surface area (TPSA) is 135 Å². The summed E-state index contributed by atoms with van der Waals surface area (Å²) < 4.78 is 18.5.